The zero-order valence-corrected chi connectivity index (χ0v) is 13.5. The first-order chi connectivity index (χ1) is 11.2. The smallest absolute Gasteiger partial charge is 0.246 e. The van der Waals surface area contributed by atoms with Gasteiger partial charge in [-0.2, -0.15) is 0 Å². The van der Waals surface area contributed by atoms with Gasteiger partial charge in [0.05, 0.1) is 24.5 Å². The minimum absolute atomic E-state index is 0.0546. The zero-order chi connectivity index (χ0) is 16.2. The lowest BCUT2D eigenvalue weighted by atomic mass is 10.1. The number of rotatable bonds is 5. The third kappa shape index (κ3) is 3.72. The van der Waals surface area contributed by atoms with Crippen LogP contribution in [0.3, 0.4) is 0 Å². The summed E-state index contributed by atoms with van der Waals surface area (Å²) in [6.45, 7) is 1.57. The first-order valence-electron chi connectivity index (χ1n) is 7.35. The van der Waals surface area contributed by atoms with E-state index in [0.717, 1.165) is 17.1 Å². The number of hydrogen-bond donors (Lipinski definition) is 1. The first-order valence-corrected chi connectivity index (χ1v) is 7.72. The van der Waals surface area contributed by atoms with Crippen molar-refractivity contribution in [3.8, 4) is 11.3 Å². The van der Waals surface area contributed by atoms with E-state index < -0.39 is 0 Å². The Labute approximate surface area is 139 Å². The Balaban J connectivity index is 1.71. The molecule has 2 aromatic rings. The molecular formula is C16H18ClN3O3. The minimum atomic E-state index is -0.148. The molecule has 1 aliphatic heterocycles. The van der Waals surface area contributed by atoms with Crippen molar-refractivity contribution in [2.75, 3.05) is 20.3 Å². The fourth-order valence-electron chi connectivity index (χ4n) is 2.57. The summed E-state index contributed by atoms with van der Waals surface area (Å²) < 4.78 is 12.7. The number of amides is 1. The molecule has 1 unspecified atom stereocenters. The molecule has 1 atom stereocenters. The molecule has 0 saturated carbocycles. The van der Waals surface area contributed by atoms with Gasteiger partial charge in [0.1, 0.15) is 19.0 Å². The molecule has 0 saturated heterocycles. The van der Waals surface area contributed by atoms with Crippen LogP contribution in [0.4, 0.5) is 0 Å². The number of halogens is 1. The molecule has 23 heavy (non-hydrogen) atoms. The number of ether oxygens (including phenoxy) is 2. The third-order valence-electron chi connectivity index (χ3n) is 3.71. The van der Waals surface area contributed by atoms with Gasteiger partial charge in [-0.1, -0.05) is 23.7 Å². The summed E-state index contributed by atoms with van der Waals surface area (Å²) in [5, 5.41) is 3.51. The van der Waals surface area contributed by atoms with E-state index in [9.17, 15) is 4.79 Å². The van der Waals surface area contributed by atoms with Gasteiger partial charge in [-0.3, -0.25) is 4.79 Å². The van der Waals surface area contributed by atoms with Crippen LogP contribution < -0.4 is 5.32 Å². The number of hydrogen-bond acceptors (Lipinski definition) is 4. The monoisotopic (exact) mass is 335 g/mol. The number of carbonyl (C=O) groups excluding carboxylic acids is 1. The third-order valence-corrected chi connectivity index (χ3v) is 3.97. The molecule has 1 aromatic carbocycles. The number of aromatic nitrogens is 2. The summed E-state index contributed by atoms with van der Waals surface area (Å²) >= 11 is 5.94. The number of nitrogens with one attached hydrogen (secondary N) is 1. The summed E-state index contributed by atoms with van der Waals surface area (Å²) in [4.78, 5) is 15.9. The Bertz CT molecular complexity index is 684. The summed E-state index contributed by atoms with van der Waals surface area (Å²) in [6.07, 6.45) is 1.75. The van der Waals surface area contributed by atoms with Crippen molar-refractivity contribution in [3.63, 3.8) is 0 Å². The molecule has 0 fully saturated rings. The second kappa shape index (κ2) is 7.12. The van der Waals surface area contributed by atoms with Crippen LogP contribution in [-0.4, -0.2) is 41.8 Å². The number of nitrogens with zero attached hydrogens (tertiary/aromatic N) is 2. The zero-order valence-electron chi connectivity index (χ0n) is 12.8. The Hall–Kier alpha value is -1.89. The van der Waals surface area contributed by atoms with Gasteiger partial charge >= 0.3 is 0 Å². The fourth-order valence-corrected chi connectivity index (χ4v) is 2.69. The molecular weight excluding hydrogens is 318 g/mol. The molecule has 0 radical (unpaired) electrons. The lowest BCUT2D eigenvalue weighted by molar-refractivity contribution is -0.125. The van der Waals surface area contributed by atoms with Crippen LogP contribution in [0.5, 0.6) is 0 Å². The van der Waals surface area contributed by atoms with Crippen molar-refractivity contribution in [2.45, 2.75) is 19.3 Å². The topological polar surface area (TPSA) is 65.4 Å². The predicted molar refractivity (Wildman–Crippen MR) is 86.1 cm³/mol. The van der Waals surface area contributed by atoms with E-state index in [4.69, 9.17) is 21.1 Å². The molecule has 3 rings (SSSR count). The molecule has 0 bridgehead atoms. The lowest BCUT2D eigenvalue weighted by Gasteiger charge is -2.26. The second-order valence-electron chi connectivity index (χ2n) is 5.35. The SMILES string of the molecule is COCC(=O)NCC1Cn2c(-c3ccc(Cl)cc3)cnc2CO1. The molecule has 7 heteroatoms. The molecule has 0 spiro atoms. The maximum absolute atomic E-state index is 11.5. The van der Waals surface area contributed by atoms with Gasteiger partial charge in [-0.15, -0.1) is 0 Å². The van der Waals surface area contributed by atoms with Crippen molar-refractivity contribution >= 4 is 17.5 Å². The van der Waals surface area contributed by atoms with Crippen LogP contribution in [0, 0.1) is 0 Å². The number of imidazole rings is 1. The van der Waals surface area contributed by atoms with Gasteiger partial charge in [0.2, 0.25) is 5.91 Å². The largest absolute Gasteiger partial charge is 0.375 e. The minimum Gasteiger partial charge on any atom is -0.375 e. The Morgan fingerprint density at radius 1 is 1.48 bits per heavy atom. The lowest BCUT2D eigenvalue weighted by Crippen LogP contribution is -2.40. The van der Waals surface area contributed by atoms with Crippen LogP contribution in [0.2, 0.25) is 5.02 Å². The normalized spacial score (nSPS) is 16.9. The van der Waals surface area contributed by atoms with Gasteiger partial charge < -0.3 is 19.4 Å². The van der Waals surface area contributed by atoms with E-state index in [2.05, 4.69) is 14.9 Å². The summed E-state index contributed by atoms with van der Waals surface area (Å²) in [7, 11) is 1.49. The fraction of sp³-hybridized carbons (Fsp3) is 0.375. The summed E-state index contributed by atoms with van der Waals surface area (Å²) in [5.41, 5.74) is 2.07. The molecule has 122 valence electrons. The van der Waals surface area contributed by atoms with E-state index >= 15 is 0 Å². The van der Waals surface area contributed by atoms with Gasteiger partial charge in [0.25, 0.3) is 0 Å². The molecule has 1 aliphatic rings. The van der Waals surface area contributed by atoms with Crippen LogP contribution in [0.1, 0.15) is 5.82 Å². The Kier molecular flexibility index (Phi) is 4.95. The predicted octanol–water partition coefficient (Wildman–Crippen LogP) is 1.86. The van der Waals surface area contributed by atoms with Gasteiger partial charge in [0.15, 0.2) is 0 Å². The van der Waals surface area contributed by atoms with Crippen LogP contribution in [0.15, 0.2) is 30.5 Å². The summed E-state index contributed by atoms with van der Waals surface area (Å²) in [5.74, 6) is 0.736. The number of carbonyl (C=O) groups is 1. The molecule has 2 heterocycles. The Morgan fingerprint density at radius 2 is 2.26 bits per heavy atom. The van der Waals surface area contributed by atoms with Crippen molar-refractivity contribution in [1.29, 1.82) is 0 Å². The number of benzene rings is 1. The van der Waals surface area contributed by atoms with E-state index in [-0.39, 0.29) is 18.6 Å². The molecule has 1 N–H and O–H groups in total. The van der Waals surface area contributed by atoms with Crippen LogP contribution in [0.25, 0.3) is 11.3 Å². The highest BCUT2D eigenvalue weighted by molar-refractivity contribution is 6.30. The molecule has 6 nitrogen and oxygen atoms in total. The Morgan fingerprint density at radius 3 is 3.00 bits per heavy atom. The standard InChI is InChI=1S/C16H18ClN3O3/c1-22-10-16(21)19-6-13-8-20-14(7-18-15(20)9-23-13)11-2-4-12(17)5-3-11/h2-5,7,13H,6,8-10H2,1H3,(H,19,21). The molecule has 0 aliphatic carbocycles. The highest BCUT2D eigenvalue weighted by Crippen LogP contribution is 2.25. The highest BCUT2D eigenvalue weighted by atomic mass is 35.5. The van der Waals surface area contributed by atoms with Crippen LogP contribution >= 0.6 is 11.6 Å². The summed E-state index contributed by atoms with van der Waals surface area (Å²) in [6, 6.07) is 7.66. The second-order valence-corrected chi connectivity index (χ2v) is 5.78. The average Bonchev–Trinajstić information content (AvgIpc) is 2.97. The highest BCUT2D eigenvalue weighted by Gasteiger charge is 2.23. The van der Waals surface area contributed by atoms with Crippen molar-refractivity contribution in [1.82, 2.24) is 14.9 Å². The van der Waals surface area contributed by atoms with E-state index in [1.807, 2.05) is 30.5 Å². The number of methoxy groups -OCH3 is 1. The first kappa shape index (κ1) is 16.0. The van der Waals surface area contributed by atoms with Crippen molar-refractivity contribution < 1.29 is 14.3 Å². The quantitative estimate of drug-likeness (QED) is 0.906. The van der Waals surface area contributed by atoms with Gasteiger partial charge in [0, 0.05) is 18.7 Å². The maximum atomic E-state index is 11.5. The van der Waals surface area contributed by atoms with E-state index in [1.54, 1.807) is 0 Å². The average molecular weight is 336 g/mol. The molecule has 1 amide bonds. The molecule has 1 aromatic heterocycles. The van der Waals surface area contributed by atoms with Crippen LogP contribution in [-0.2, 0) is 27.4 Å². The number of fused-ring (bicyclic) bond motifs is 1. The van der Waals surface area contributed by atoms with Gasteiger partial charge in [-0.05, 0) is 17.7 Å². The van der Waals surface area contributed by atoms with Crippen molar-refractivity contribution in [3.05, 3.63) is 41.3 Å². The van der Waals surface area contributed by atoms with E-state index in [0.29, 0.717) is 24.7 Å². The van der Waals surface area contributed by atoms with Gasteiger partial charge in [-0.25, -0.2) is 4.98 Å². The van der Waals surface area contributed by atoms with Crippen molar-refractivity contribution in [2.24, 2.45) is 0 Å². The maximum Gasteiger partial charge on any atom is 0.246 e. The van der Waals surface area contributed by atoms with E-state index in [1.165, 1.54) is 7.11 Å².